The van der Waals surface area contributed by atoms with Crippen molar-refractivity contribution < 1.29 is 13.9 Å². The zero-order valence-corrected chi connectivity index (χ0v) is 14.9. The van der Waals surface area contributed by atoms with Gasteiger partial charge in [-0.2, -0.15) is 0 Å². The van der Waals surface area contributed by atoms with E-state index in [-0.39, 0.29) is 11.8 Å². The molecule has 0 fully saturated rings. The van der Waals surface area contributed by atoms with Gasteiger partial charge in [0, 0.05) is 29.6 Å². The summed E-state index contributed by atoms with van der Waals surface area (Å²) in [7, 11) is 0. The van der Waals surface area contributed by atoms with Crippen LogP contribution in [0, 0.1) is 0 Å². The molecule has 0 spiro atoms. The largest absolute Gasteiger partial charge is 0.453 e. The molecule has 5 nitrogen and oxygen atoms in total. The number of halogens is 1. The first-order valence-electron chi connectivity index (χ1n) is 8.30. The number of carbonyl (C=O) groups is 1. The van der Waals surface area contributed by atoms with Gasteiger partial charge in [0.15, 0.2) is 11.3 Å². The van der Waals surface area contributed by atoms with E-state index in [0.29, 0.717) is 34.0 Å². The van der Waals surface area contributed by atoms with Gasteiger partial charge in [-0.1, -0.05) is 30.3 Å². The highest BCUT2D eigenvalue weighted by Gasteiger charge is 2.13. The molecular weight excluding hydrogens is 364 g/mol. The minimum atomic E-state index is -0.265. The van der Waals surface area contributed by atoms with E-state index >= 15 is 0 Å². The zero-order chi connectivity index (χ0) is 18.6. The topological polar surface area (TPSA) is 64.4 Å². The van der Waals surface area contributed by atoms with Crippen molar-refractivity contribution >= 4 is 34.3 Å². The lowest BCUT2D eigenvalue weighted by Crippen LogP contribution is -2.12. The Balaban J connectivity index is 1.69. The summed E-state index contributed by atoms with van der Waals surface area (Å²) in [6.07, 6.45) is 1.68. The summed E-state index contributed by atoms with van der Waals surface area (Å²) >= 11 is 5.54. The van der Waals surface area contributed by atoms with Crippen molar-refractivity contribution in [2.75, 3.05) is 11.2 Å². The van der Waals surface area contributed by atoms with Crippen LogP contribution in [0.25, 0.3) is 22.4 Å². The molecule has 134 valence electrons. The Hall–Kier alpha value is -3.31. The van der Waals surface area contributed by atoms with E-state index in [1.807, 2.05) is 54.6 Å². The molecular formula is C21H15ClN2O3. The summed E-state index contributed by atoms with van der Waals surface area (Å²) in [5.74, 6) is 1.57. The predicted octanol–water partition coefficient (Wildman–Crippen LogP) is 5.46. The third kappa shape index (κ3) is 3.78. The molecule has 1 amide bonds. The van der Waals surface area contributed by atoms with Gasteiger partial charge in [-0.05, 0) is 24.3 Å². The highest BCUT2D eigenvalue weighted by molar-refractivity contribution is 6.29. The van der Waals surface area contributed by atoms with E-state index in [1.54, 1.807) is 18.3 Å². The van der Waals surface area contributed by atoms with Crippen molar-refractivity contribution in [3.63, 3.8) is 0 Å². The van der Waals surface area contributed by atoms with Gasteiger partial charge in [-0.3, -0.25) is 9.78 Å². The number of hydrogen-bond acceptors (Lipinski definition) is 4. The van der Waals surface area contributed by atoms with Crippen molar-refractivity contribution in [1.29, 1.82) is 0 Å². The lowest BCUT2D eigenvalue weighted by molar-refractivity contribution is -0.113. The number of fused-ring (bicyclic) bond motifs is 1. The monoisotopic (exact) mass is 378 g/mol. The van der Waals surface area contributed by atoms with Gasteiger partial charge >= 0.3 is 0 Å². The molecule has 0 radical (unpaired) electrons. The predicted molar refractivity (Wildman–Crippen MR) is 105 cm³/mol. The molecule has 0 bridgehead atoms. The SMILES string of the molecule is O=C(CCl)Nc1cccc(-c2cc3nccc(Oc4ccccc4)c3o2)c1. The van der Waals surface area contributed by atoms with Gasteiger partial charge in [-0.25, -0.2) is 0 Å². The molecule has 1 N–H and O–H groups in total. The Kier molecular flexibility index (Phi) is 4.77. The van der Waals surface area contributed by atoms with Gasteiger partial charge < -0.3 is 14.5 Å². The molecule has 6 heteroatoms. The highest BCUT2D eigenvalue weighted by atomic mass is 35.5. The molecule has 0 saturated carbocycles. The van der Waals surface area contributed by atoms with Crippen LogP contribution in [0.3, 0.4) is 0 Å². The Bertz CT molecular complexity index is 1090. The number of rotatable bonds is 5. The second-order valence-corrected chi connectivity index (χ2v) is 6.08. The van der Waals surface area contributed by atoms with Gasteiger partial charge in [0.2, 0.25) is 5.91 Å². The highest BCUT2D eigenvalue weighted by Crippen LogP contribution is 2.35. The van der Waals surface area contributed by atoms with Crippen LogP contribution in [-0.2, 0) is 4.79 Å². The number of carbonyl (C=O) groups excluding carboxylic acids is 1. The summed E-state index contributed by atoms with van der Waals surface area (Å²) in [4.78, 5) is 15.8. The van der Waals surface area contributed by atoms with Crippen LogP contribution in [0.2, 0.25) is 0 Å². The minimum absolute atomic E-state index is 0.0982. The second kappa shape index (κ2) is 7.51. The van der Waals surface area contributed by atoms with Crippen molar-refractivity contribution in [2.45, 2.75) is 0 Å². The number of hydrogen-bond donors (Lipinski definition) is 1. The Morgan fingerprint density at radius 2 is 1.93 bits per heavy atom. The number of nitrogens with one attached hydrogen (secondary N) is 1. The number of aromatic nitrogens is 1. The third-order valence-corrected chi connectivity index (χ3v) is 4.14. The number of nitrogens with zero attached hydrogens (tertiary/aromatic N) is 1. The summed E-state index contributed by atoms with van der Waals surface area (Å²) in [6, 6.07) is 20.4. The number of amides is 1. The molecule has 27 heavy (non-hydrogen) atoms. The maximum atomic E-state index is 11.5. The fraction of sp³-hybridized carbons (Fsp3) is 0.0476. The lowest BCUT2D eigenvalue weighted by atomic mass is 10.1. The first-order chi connectivity index (χ1) is 13.2. The fourth-order valence-electron chi connectivity index (χ4n) is 2.70. The third-order valence-electron chi connectivity index (χ3n) is 3.90. The van der Waals surface area contributed by atoms with E-state index in [4.69, 9.17) is 20.8 Å². The van der Waals surface area contributed by atoms with Crippen LogP contribution in [0.1, 0.15) is 0 Å². The first-order valence-corrected chi connectivity index (χ1v) is 8.84. The standard InChI is InChI=1S/C21H15ClN2O3/c22-13-20(25)24-15-6-4-5-14(11-15)19-12-17-21(27-19)18(9-10-23-17)26-16-7-2-1-3-8-16/h1-12H,13H2,(H,24,25). The Labute approximate surface area is 160 Å². The van der Waals surface area contributed by atoms with E-state index < -0.39 is 0 Å². The van der Waals surface area contributed by atoms with Crippen LogP contribution in [0.4, 0.5) is 5.69 Å². The van der Waals surface area contributed by atoms with Crippen molar-refractivity contribution in [1.82, 2.24) is 4.98 Å². The quantitative estimate of drug-likeness (QED) is 0.468. The zero-order valence-electron chi connectivity index (χ0n) is 14.2. The number of pyridine rings is 1. The maximum absolute atomic E-state index is 11.5. The van der Waals surface area contributed by atoms with Crippen molar-refractivity contribution in [2.24, 2.45) is 0 Å². The fourth-order valence-corrected chi connectivity index (χ4v) is 2.76. The summed E-state index contributed by atoms with van der Waals surface area (Å²) in [5, 5.41) is 2.73. The number of anilines is 1. The Morgan fingerprint density at radius 1 is 1.07 bits per heavy atom. The van der Waals surface area contributed by atoms with E-state index in [1.165, 1.54) is 0 Å². The summed E-state index contributed by atoms with van der Waals surface area (Å²) in [5.41, 5.74) is 2.71. The van der Waals surface area contributed by atoms with Gasteiger partial charge in [-0.15, -0.1) is 11.6 Å². The molecule has 0 saturated heterocycles. The van der Waals surface area contributed by atoms with Gasteiger partial charge in [0.05, 0.1) is 0 Å². The minimum Gasteiger partial charge on any atom is -0.453 e. The maximum Gasteiger partial charge on any atom is 0.239 e. The van der Waals surface area contributed by atoms with E-state index in [2.05, 4.69) is 10.3 Å². The van der Waals surface area contributed by atoms with Crippen LogP contribution >= 0.6 is 11.6 Å². The molecule has 0 aliphatic heterocycles. The number of benzene rings is 2. The average Bonchev–Trinajstić information content (AvgIpc) is 3.14. The van der Waals surface area contributed by atoms with Crippen LogP contribution < -0.4 is 10.1 Å². The van der Waals surface area contributed by atoms with E-state index in [9.17, 15) is 4.79 Å². The molecule has 4 rings (SSSR count). The number of para-hydroxylation sites is 1. The molecule has 2 heterocycles. The van der Waals surface area contributed by atoms with E-state index in [0.717, 1.165) is 5.56 Å². The smallest absolute Gasteiger partial charge is 0.239 e. The van der Waals surface area contributed by atoms with Crippen LogP contribution in [-0.4, -0.2) is 16.8 Å². The molecule has 0 aliphatic carbocycles. The Morgan fingerprint density at radius 3 is 2.74 bits per heavy atom. The number of ether oxygens (including phenoxy) is 1. The summed E-state index contributed by atoms with van der Waals surface area (Å²) < 4.78 is 11.9. The molecule has 2 aromatic carbocycles. The van der Waals surface area contributed by atoms with Crippen LogP contribution in [0.5, 0.6) is 11.5 Å². The molecule has 0 aliphatic rings. The summed E-state index contributed by atoms with van der Waals surface area (Å²) in [6.45, 7) is 0. The van der Waals surface area contributed by atoms with Crippen molar-refractivity contribution in [3.8, 4) is 22.8 Å². The van der Waals surface area contributed by atoms with Gasteiger partial charge in [0.25, 0.3) is 0 Å². The number of alkyl halides is 1. The second-order valence-electron chi connectivity index (χ2n) is 5.81. The lowest BCUT2D eigenvalue weighted by Gasteiger charge is -2.05. The molecule has 0 unspecified atom stereocenters. The number of furan rings is 1. The van der Waals surface area contributed by atoms with Crippen molar-refractivity contribution in [3.05, 3.63) is 72.9 Å². The average molecular weight is 379 g/mol. The van der Waals surface area contributed by atoms with Gasteiger partial charge in [0.1, 0.15) is 22.9 Å². The molecule has 4 aromatic rings. The normalized spacial score (nSPS) is 10.7. The molecule has 2 aromatic heterocycles. The first kappa shape index (κ1) is 17.1. The van der Waals surface area contributed by atoms with Crippen LogP contribution in [0.15, 0.2) is 77.3 Å². The molecule has 0 atom stereocenters.